The molecule has 2 nitrogen and oxygen atoms in total. The van der Waals surface area contributed by atoms with Gasteiger partial charge in [0.05, 0.1) is 0 Å². The van der Waals surface area contributed by atoms with Gasteiger partial charge in [-0.3, -0.25) is 4.98 Å². The average Bonchev–Trinajstić information content (AvgIpc) is 2.76. The Bertz CT molecular complexity index is 891. The highest BCUT2D eigenvalue weighted by Gasteiger charge is 2.42. The Morgan fingerprint density at radius 2 is 0.963 bits per heavy atom. The van der Waals surface area contributed by atoms with Crippen molar-refractivity contribution in [2.24, 2.45) is 0 Å². The van der Waals surface area contributed by atoms with Crippen LogP contribution in [0.25, 0.3) is 0 Å². The third-order valence-electron chi connectivity index (χ3n) is 5.02. The van der Waals surface area contributed by atoms with Gasteiger partial charge in [-0.25, -0.2) is 0 Å². The topological polar surface area (TPSA) is 33.1 Å². The van der Waals surface area contributed by atoms with E-state index in [2.05, 4.69) is 17.1 Å². The number of rotatable bonds is 5. The third kappa shape index (κ3) is 3.27. The van der Waals surface area contributed by atoms with Crippen LogP contribution >= 0.6 is 0 Å². The Hall–Kier alpha value is -3.23. The van der Waals surface area contributed by atoms with E-state index in [0.29, 0.717) is 0 Å². The first-order valence-electron chi connectivity index (χ1n) is 9.08. The minimum atomic E-state index is -1.22. The highest BCUT2D eigenvalue weighted by atomic mass is 16.3. The van der Waals surface area contributed by atoms with Crippen LogP contribution in [0.5, 0.6) is 0 Å². The van der Waals surface area contributed by atoms with E-state index in [1.165, 1.54) is 0 Å². The van der Waals surface area contributed by atoms with Crippen molar-refractivity contribution in [2.75, 3.05) is 0 Å². The summed E-state index contributed by atoms with van der Waals surface area (Å²) < 4.78 is 0. The molecule has 1 unspecified atom stereocenters. The first-order chi connectivity index (χ1) is 13.3. The van der Waals surface area contributed by atoms with E-state index in [4.69, 9.17) is 0 Å². The molecule has 132 valence electrons. The maximum atomic E-state index is 12.3. The van der Waals surface area contributed by atoms with Gasteiger partial charge in [-0.15, -0.1) is 0 Å². The minimum Gasteiger partial charge on any atom is -0.379 e. The zero-order chi connectivity index (χ0) is 18.5. The Balaban J connectivity index is 2.01. The number of hydrogen-bond donors (Lipinski definition) is 1. The average molecular weight is 351 g/mol. The van der Waals surface area contributed by atoms with Crippen molar-refractivity contribution < 1.29 is 5.11 Å². The van der Waals surface area contributed by atoms with Crippen LogP contribution in [0.15, 0.2) is 116 Å². The molecule has 0 aliphatic rings. The van der Waals surface area contributed by atoms with E-state index < -0.39 is 5.60 Å². The van der Waals surface area contributed by atoms with Gasteiger partial charge in [0.15, 0.2) is 0 Å². The lowest BCUT2D eigenvalue weighted by Crippen LogP contribution is -2.35. The van der Waals surface area contributed by atoms with E-state index in [1.807, 2.05) is 91.0 Å². The lowest BCUT2D eigenvalue weighted by molar-refractivity contribution is 0.0625. The van der Waals surface area contributed by atoms with Crippen molar-refractivity contribution in [3.8, 4) is 0 Å². The Labute approximate surface area is 159 Å². The fourth-order valence-electron chi connectivity index (χ4n) is 3.76. The number of hydrogen-bond acceptors (Lipinski definition) is 2. The maximum Gasteiger partial charge on any atom is 0.125 e. The molecule has 0 amide bonds. The summed E-state index contributed by atoms with van der Waals surface area (Å²) in [5.41, 5.74) is 2.58. The van der Waals surface area contributed by atoms with Gasteiger partial charge in [-0.1, -0.05) is 91.0 Å². The predicted octanol–water partition coefficient (Wildman–Crippen LogP) is 5.15. The van der Waals surface area contributed by atoms with Gasteiger partial charge in [0, 0.05) is 18.3 Å². The van der Waals surface area contributed by atoms with Crippen molar-refractivity contribution >= 4 is 0 Å². The molecular weight excluding hydrogens is 330 g/mol. The molecule has 0 bridgehead atoms. The van der Waals surface area contributed by atoms with Crippen LogP contribution in [0.2, 0.25) is 0 Å². The zero-order valence-corrected chi connectivity index (χ0v) is 14.9. The van der Waals surface area contributed by atoms with E-state index in [9.17, 15) is 5.11 Å². The first-order valence-corrected chi connectivity index (χ1v) is 9.08. The number of nitrogens with zero attached hydrogens (tertiary/aromatic N) is 1. The summed E-state index contributed by atoms with van der Waals surface area (Å²) in [6, 6.07) is 33.9. The second-order valence-electron chi connectivity index (χ2n) is 6.62. The van der Waals surface area contributed by atoms with Crippen molar-refractivity contribution in [1.82, 2.24) is 4.98 Å². The number of pyridine rings is 1. The van der Waals surface area contributed by atoms with Gasteiger partial charge in [-0.2, -0.15) is 0 Å². The quantitative estimate of drug-likeness (QED) is 0.539. The van der Waals surface area contributed by atoms with Crippen LogP contribution < -0.4 is 0 Å². The van der Waals surface area contributed by atoms with Crippen molar-refractivity contribution in [3.05, 3.63) is 138 Å². The summed E-state index contributed by atoms with van der Waals surface area (Å²) in [5.74, 6) is -0.272. The summed E-state index contributed by atoms with van der Waals surface area (Å²) in [5, 5.41) is 12.3. The van der Waals surface area contributed by atoms with Crippen LogP contribution in [0.1, 0.15) is 28.2 Å². The lowest BCUT2D eigenvalue weighted by Gasteiger charge is -2.38. The van der Waals surface area contributed by atoms with Crippen LogP contribution in [-0.2, 0) is 5.60 Å². The molecule has 4 rings (SSSR count). The standard InChI is InChI=1S/C25H21NO/c27-25(22-12-6-2-7-13-22,23-14-8-3-9-15-23)24(20-10-4-1-5-11-20)21-16-18-26-19-17-21/h1-19,24,27H. The molecule has 4 aromatic rings. The molecule has 0 aliphatic carbocycles. The smallest absolute Gasteiger partial charge is 0.125 e. The van der Waals surface area contributed by atoms with Crippen molar-refractivity contribution in [1.29, 1.82) is 0 Å². The SMILES string of the molecule is OC(c1ccccc1)(c1ccccc1)C(c1ccccc1)c1ccncc1. The predicted molar refractivity (Wildman–Crippen MR) is 108 cm³/mol. The van der Waals surface area contributed by atoms with Gasteiger partial charge < -0.3 is 5.11 Å². The van der Waals surface area contributed by atoms with Crippen LogP contribution in [-0.4, -0.2) is 10.1 Å². The molecule has 2 heteroatoms. The van der Waals surface area contributed by atoms with E-state index in [-0.39, 0.29) is 5.92 Å². The highest BCUT2D eigenvalue weighted by Crippen LogP contribution is 2.46. The van der Waals surface area contributed by atoms with Crippen molar-refractivity contribution in [3.63, 3.8) is 0 Å². The van der Waals surface area contributed by atoms with E-state index in [0.717, 1.165) is 22.3 Å². The molecule has 1 atom stereocenters. The first kappa shape index (κ1) is 17.2. The minimum absolute atomic E-state index is 0.272. The fourth-order valence-corrected chi connectivity index (χ4v) is 3.76. The molecule has 0 spiro atoms. The molecule has 0 aliphatic heterocycles. The third-order valence-corrected chi connectivity index (χ3v) is 5.02. The molecule has 1 heterocycles. The summed E-state index contributed by atoms with van der Waals surface area (Å²) in [6.07, 6.45) is 3.56. The molecule has 0 saturated carbocycles. The maximum absolute atomic E-state index is 12.3. The largest absolute Gasteiger partial charge is 0.379 e. The summed E-state index contributed by atoms with van der Waals surface area (Å²) in [7, 11) is 0. The Kier molecular flexibility index (Phi) is 4.82. The second-order valence-corrected chi connectivity index (χ2v) is 6.62. The van der Waals surface area contributed by atoms with E-state index >= 15 is 0 Å². The molecule has 1 N–H and O–H groups in total. The van der Waals surface area contributed by atoms with Gasteiger partial charge in [0.25, 0.3) is 0 Å². The Morgan fingerprint density at radius 3 is 1.44 bits per heavy atom. The van der Waals surface area contributed by atoms with Crippen molar-refractivity contribution in [2.45, 2.75) is 11.5 Å². The van der Waals surface area contributed by atoms with Gasteiger partial charge in [-0.05, 0) is 34.4 Å². The van der Waals surface area contributed by atoms with Gasteiger partial charge in [0.2, 0.25) is 0 Å². The lowest BCUT2D eigenvalue weighted by atomic mass is 9.70. The number of aromatic nitrogens is 1. The highest BCUT2D eigenvalue weighted by molar-refractivity contribution is 5.47. The fraction of sp³-hybridized carbons (Fsp3) is 0.0800. The molecule has 0 fully saturated rings. The van der Waals surface area contributed by atoms with Crippen LogP contribution in [0.3, 0.4) is 0 Å². The second kappa shape index (κ2) is 7.56. The summed E-state index contributed by atoms with van der Waals surface area (Å²) in [4.78, 5) is 4.17. The molecule has 3 aromatic carbocycles. The number of aliphatic hydroxyl groups is 1. The molecule has 1 aromatic heterocycles. The molecule has 0 radical (unpaired) electrons. The van der Waals surface area contributed by atoms with Gasteiger partial charge >= 0.3 is 0 Å². The summed E-state index contributed by atoms with van der Waals surface area (Å²) in [6.45, 7) is 0. The zero-order valence-electron chi connectivity index (χ0n) is 14.9. The Morgan fingerprint density at radius 1 is 0.556 bits per heavy atom. The monoisotopic (exact) mass is 351 g/mol. The van der Waals surface area contributed by atoms with Crippen LogP contribution in [0.4, 0.5) is 0 Å². The van der Waals surface area contributed by atoms with Crippen LogP contribution in [0, 0.1) is 0 Å². The molecule has 27 heavy (non-hydrogen) atoms. The van der Waals surface area contributed by atoms with E-state index in [1.54, 1.807) is 12.4 Å². The molecule has 0 saturated heterocycles. The normalized spacial score (nSPS) is 12.5. The summed E-state index contributed by atoms with van der Waals surface area (Å²) >= 11 is 0. The molecular formula is C25H21NO. The van der Waals surface area contributed by atoms with Gasteiger partial charge in [0.1, 0.15) is 5.60 Å². The number of benzene rings is 3.